The third kappa shape index (κ3) is 1.55. The van der Waals surface area contributed by atoms with Gasteiger partial charge in [0.15, 0.2) is 0 Å². The molecular weight excluding hydrogens is 256 g/mol. The summed E-state index contributed by atoms with van der Waals surface area (Å²) in [6, 6.07) is 2.22. The molecule has 1 aromatic carbocycles. The Bertz CT molecular complexity index is 419. The van der Waals surface area contributed by atoms with Gasteiger partial charge in [0.2, 0.25) is 0 Å². The molecule has 0 unspecified atom stereocenters. The second kappa shape index (κ2) is 3.74. The van der Waals surface area contributed by atoms with Gasteiger partial charge in [0.1, 0.15) is 0 Å². The van der Waals surface area contributed by atoms with Crippen LogP contribution >= 0.6 is 27.7 Å². The largest absolute Gasteiger partial charge is 0.121 e. The van der Waals surface area contributed by atoms with Crippen LogP contribution in [0.2, 0.25) is 0 Å². The Morgan fingerprint density at radius 2 is 2.00 bits per heavy atom. The first-order valence-corrected chi connectivity index (χ1v) is 6.48. The van der Waals surface area contributed by atoms with E-state index in [-0.39, 0.29) is 0 Å². The van der Waals surface area contributed by atoms with E-state index in [0.29, 0.717) is 0 Å². The molecule has 0 atom stereocenters. The zero-order chi connectivity index (χ0) is 10.3. The Balaban J connectivity index is 2.76. The zero-order valence-corrected chi connectivity index (χ0v) is 11.1. The number of hydrogen-bond donors (Lipinski definition) is 0. The summed E-state index contributed by atoms with van der Waals surface area (Å²) in [7, 11) is 0. The molecule has 0 aromatic heterocycles. The number of fused-ring (bicyclic) bond motifs is 1. The highest BCUT2D eigenvalue weighted by Crippen LogP contribution is 2.40. The first-order chi connectivity index (χ1) is 6.61. The van der Waals surface area contributed by atoms with E-state index >= 15 is 0 Å². The lowest BCUT2D eigenvalue weighted by molar-refractivity contribution is 1.19. The van der Waals surface area contributed by atoms with Gasteiger partial charge in [-0.15, -0.1) is 11.8 Å². The summed E-state index contributed by atoms with van der Waals surface area (Å²) in [6.45, 7) is 6.58. The second-order valence-corrected chi connectivity index (χ2v) is 5.59. The predicted octanol–water partition coefficient (Wildman–Crippen LogP) is 4.57. The molecule has 2 rings (SSSR count). The quantitative estimate of drug-likeness (QED) is 0.664. The highest BCUT2D eigenvalue weighted by Gasteiger charge is 2.16. The van der Waals surface area contributed by atoms with Crippen LogP contribution in [0.25, 0.3) is 5.57 Å². The minimum atomic E-state index is 1.11. The average Bonchev–Trinajstić information content (AvgIpc) is 2.14. The van der Waals surface area contributed by atoms with E-state index in [1.165, 1.54) is 31.6 Å². The Hall–Kier alpha value is -0.210. The van der Waals surface area contributed by atoms with Crippen molar-refractivity contribution in [2.75, 3.05) is 5.75 Å². The van der Waals surface area contributed by atoms with Gasteiger partial charge in [-0.2, -0.15) is 0 Å². The number of benzene rings is 1. The molecule has 0 aliphatic carbocycles. The Labute approximate surface area is 97.9 Å². The third-order valence-electron chi connectivity index (χ3n) is 2.67. The molecule has 2 heteroatoms. The van der Waals surface area contributed by atoms with Crippen molar-refractivity contribution < 1.29 is 0 Å². The molecule has 74 valence electrons. The van der Waals surface area contributed by atoms with Gasteiger partial charge in [-0.05, 0) is 49.1 Å². The standard InChI is InChI=1S/C12H13BrS/c1-7-4-5-14-12-8(2)6-10(13)9(3)11(7)12/h4,6H,5H2,1-3H3. The van der Waals surface area contributed by atoms with Gasteiger partial charge < -0.3 is 0 Å². The van der Waals surface area contributed by atoms with E-state index in [2.05, 4.69) is 48.8 Å². The van der Waals surface area contributed by atoms with Crippen molar-refractivity contribution in [2.45, 2.75) is 25.7 Å². The molecule has 0 bridgehead atoms. The van der Waals surface area contributed by atoms with E-state index in [1.807, 2.05) is 11.8 Å². The summed E-state index contributed by atoms with van der Waals surface area (Å²) >= 11 is 5.56. The molecule has 0 nitrogen and oxygen atoms in total. The van der Waals surface area contributed by atoms with Crippen LogP contribution in [0.1, 0.15) is 23.6 Å². The van der Waals surface area contributed by atoms with Gasteiger partial charge >= 0.3 is 0 Å². The lowest BCUT2D eigenvalue weighted by Gasteiger charge is -2.20. The topological polar surface area (TPSA) is 0 Å². The molecule has 0 radical (unpaired) electrons. The number of halogens is 1. The number of hydrogen-bond acceptors (Lipinski definition) is 1. The fourth-order valence-corrected chi connectivity index (χ4v) is 3.65. The summed E-state index contributed by atoms with van der Waals surface area (Å²) in [5, 5.41) is 0. The lowest BCUT2D eigenvalue weighted by atomic mass is 9.99. The zero-order valence-electron chi connectivity index (χ0n) is 8.65. The maximum absolute atomic E-state index is 3.62. The van der Waals surface area contributed by atoms with Crippen LogP contribution in [0, 0.1) is 13.8 Å². The number of rotatable bonds is 0. The lowest BCUT2D eigenvalue weighted by Crippen LogP contribution is -1.99. The summed E-state index contributed by atoms with van der Waals surface area (Å²) in [6.07, 6.45) is 2.31. The normalized spacial score (nSPS) is 15.0. The van der Waals surface area contributed by atoms with Crippen molar-refractivity contribution >= 4 is 33.3 Å². The van der Waals surface area contributed by atoms with Crippen LogP contribution in [-0.4, -0.2) is 5.75 Å². The summed E-state index contributed by atoms with van der Waals surface area (Å²) in [4.78, 5) is 1.46. The summed E-state index contributed by atoms with van der Waals surface area (Å²) in [5.41, 5.74) is 5.61. The van der Waals surface area contributed by atoms with Gasteiger partial charge in [0, 0.05) is 15.1 Å². The van der Waals surface area contributed by atoms with Crippen molar-refractivity contribution in [1.82, 2.24) is 0 Å². The van der Waals surface area contributed by atoms with Crippen molar-refractivity contribution in [3.8, 4) is 0 Å². The Kier molecular flexibility index (Phi) is 2.76. The molecule has 0 N–H and O–H groups in total. The van der Waals surface area contributed by atoms with Gasteiger partial charge in [-0.25, -0.2) is 0 Å². The molecular formula is C12H13BrS. The van der Waals surface area contributed by atoms with E-state index in [0.717, 1.165) is 5.75 Å². The molecule has 0 saturated heterocycles. The van der Waals surface area contributed by atoms with Crippen LogP contribution in [0.4, 0.5) is 0 Å². The molecule has 1 aliphatic rings. The summed E-state index contributed by atoms with van der Waals surface area (Å²) in [5.74, 6) is 1.11. The monoisotopic (exact) mass is 268 g/mol. The van der Waals surface area contributed by atoms with Gasteiger partial charge in [-0.1, -0.05) is 22.0 Å². The van der Waals surface area contributed by atoms with Gasteiger partial charge in [0.05, 0.1) is 0 Å². The SMILES string of the molecule is CC1=CCSc2c(C)cc(Br)c(C)c21. The van der Waals surface area contributed by atoms with Gasteiger partial charge in [-0.3, -0.25) is 0 Å². The smallest absolute Gasteiger partial charge is 0.0213 e. The maximum Gasteiger partial charge on any atom is 0.0213 e. The van der Waals surface area contributed by atoms with Crippen LogP contribution in [0.15, 0.2) is 21.5 Å². The van der Waals surface area contributed by atoms with Crippen LogP contribution in [0.5, 0.6) is 0 Å². The van der Waals surface area contributed by atoms with E-state index in [1.54, 1.807) is 0 Å². The Morgan fingerprint density at radius 1 is 1.29 bits per heavy atom. The second-order valence-electron chi connectivity index (χ2n) is 3.70. The number of allylic oxidation sites excluding steroid dienone is 1. The molecule has 0 amide bonds. The van der Waals surface area contributed by atoms with Crippen molar-refractivity contribution in [3.05, 3.63) is 33.3 Å². The highest BCUT2D eigenvalue weighted by atomic mass is 79.9. The van der Waals surface area contributed by atoms with E-state index in [4.69, 9.17) is 0 Å². The number of thioether (sulfide) groups is 1. The van der Waals surface area contributed by atoms with Crippen LogP contribution in [0.3, 0.4) is 0 Å². The number of aryl methyl sites for hydroxylation is 1. The molecule has 14 heavy (non-hydrogen) atoms. The maximum atomic E-state index is 3.62. The summed E-state index contributed by atoms with van der Waals surface area (Å²) < 4.78 is 1.23. The Morgan fingerprint density at radius 3 is 2.71 bits per heavy atom. The van der Waals surface area contributed by atoms with Crippen molar-refractivity contribution in [1.29, 1.82) is 0 Å². The van der Waals surface area contributed by atoms with Crippen LogP contribution in [-0.2, 0) is 0 Å². The third-order valence-corrected chi connectivity index (χ3v) is 4.64. The fraction of sp³-hybridized carbons (Fsp3) is 0.333. The highest BCUT2D eigenvalue weighted by molar-refractivity contribution is 9.10. The predicted molar refractivity (Wildman–Crippen MR) is 68.0 cm³/mol. The molecule has 0 saturated carbocycles. The van der Waals surface area contributed by atoms with Crippen molar-refractivity contribution in [3.63, 3.8) is 0 Å². The minimum absolute atomic E-state index is 1.11. The molecule has 1 aromatic rings. The fourth-order valence-electron chi connectivity index (χ4n) is 1.86. The van der Waals surface area contributed by atoms with Gasteiger partial charge in [0.25, 0.3) is 0 Å². The van der Waals surface area contributed by atoms with Crippen molar-refractivity contribution in [2.24, 2.45) is 0 Å². The van der Waals surface area contributed by atoms with E-state index in [9.17, 15) is 0 Å². The first-order valence-electron chi connectivity index (χ1n) is 4.71. The molecule has 0 spiro atoms. The van der Waals surface area contributed by atoms with E-state index < -0.39 is 0 Å². The van der Waals surface area contributed by atoms with Crippen LogP contribution < -0.4 is 0 Å². The molecule has 0 fully saturated rings. The molecule has 1 heterocycles. The first kappa shape index (κ1) is 10.3. The minimum Gasteiger partial charge on any atom is -0.121 e. The molecule has 1 aliphatic heterocycles. The average molecular weight is 269 g/mol.